The highest BCUT2D eigenvalue weighted by molar-refractivity contribution is 9.10. The van der Waals surface area contributed by atoms with Crippen molar-refractivity contribution in [1.29, 1.82) is 5.26 Å². The number of benzene rings is 3. The first-order valence-corrected chi connectivity index (χ1v) is 9.08. The molecule has 0 unspecified atom stereocenters. The Morgan fingerprint density at radius 1 is 0.885 bits per heavy atom. The van der Waals surface area contributed by atoms with Gasteiger partial charge in [-0.2, -0.15) is 5.26 Å². The third-order valence-electron chi connectivity index (χ3n) is 4.36. The smallest absolute Gasteiger partial charge is 0.0998 e. The lowest BCUT2D eigenvalue weighted by Crippen LogP contribution is -1.95. The lowest BCUT2D eigenvalue weighted by Gasteiger charge is -2.09. The number of nitrogens with zero attached hydrogens (tertiary/aromatic N) is 2. The van der Waals surface area contributed by atoms with Crippen molar-refractivity contribution in [1.82, 2.24) is 4.57 Å². The van der Waals surface area contributed by atoms with E-state index in [0.29, 0.717) is 5.57 Å². The Hall–Kier alpha value is -3.09. The minimum absolute atomic E-state index is 0.637. The van der Waals surface area contributed by atoms with Gasteiger partial charge < -0.3 is 4.57 Å². The van der Waals surface area contributed by atoms with Gasteiger partial charge in [-0.3, -0.25) is 0 Å². The van der Waals surface area contributed by atoms with Crippen molar-refractivity contribution in [3.8, 4) is 11.8 Å². The molecule has 0 fully saturated rings. The fourth-order valence-electron chi connectivity index (χ4n) is 3.03. The Kier molecular flexibility index (Phi) is 4.43. The fourth-order valence-corrected chi connectivity index (χ4v) is 3.30. The fraction of sp³-hybridized carbons (Fsp3) is 0. The molecule has 4 aromatic rings. The number of rotatable bonds is 3. The van der Waals surface area contributed by atoms with E-state index in [2.05, 4.69) is 56.9 Å². The average molecular weight is 399 g/mol. The van der Waals surface area contributed by atoms with E-state index in [1.165, 1.54) is 10.8 Å². The van der Waals surface area contributed by atoms with Crippen LogP contribution >= 0.6 is 15.9 Å². The number of aromatic nitrogens is 1. The molecule has 1 heterocycles. The van der Waals surface area contributed by atoms with Gasteiger partial charge in [0.1, 0.15) is 0 Å². The first-order chi connectivity index (χ1) is 12.7. The van der Waals surface area contributed by atoms with Gasteiger partial charge in [-0.15, -0.1) is 0 Å². The van der Waals surface area contributed by atoms with Gasteiger partial charge in [-0.05, 0) is 58.8 Å². The van der Waals surface area contributed by atoms with Crippen LogP contribution in [0.2, 0.25) is 0 Å². The first kappa shape index (κ1) is 16.4. The Balaban J connectivity index is 1.78. The molecular weight excluding hydrogens is 384 g/mol. The minimum Gasteiger partial charge on any atom is -0.317 e. The van der Waals surface area contributed by atoms with Crippen LogP contribution in [-0.2, 0) is 0 Å². The van der Waals surface area contributed by atoms with Crippen LogP contribution < -0.4 is 0 Å². The Morgan fingerprint density at radius 2 is 1.65 bits per heavy atom. The molecule has 3 aromatic carbocycles. The molecule has 26 heavy (non-hydrogen) atoms. The molecule has 0 radical (unpaired) electrons. The first-order valence-electron chi connectivity index (χ1n) is 8.29. The SMILES string of the molecule is N#C/C(=C/c1cccn1-c1ccc2ccccc2c1)c1ccc(Br)cc1. The van der Waals surface area contributed by atoms with Crippen LogP contribution in [-0.4, -0.2) is 4.57 Å². The van der Waals surface area contributed by atoms with Crippen molar-refractivity contribution in [3.63, 3.8) is 0 Å². The van der Waals surface area contributed by atoms with Crippen molar-refractivity contribution >= 4 is 38.4 Å². The van der Waals surface area contributed by atoms with Gasteiger partial charge in [-0.25, -0.2) is 0 Å². The van der Waals surface area contributed by atoms with Crippen molar-refractivity contribution in [2.24, 2.45) is 0 Å². The third kappa shape index (κ3) is 3.20. The zero-order valence-corrected chi connectivity index (χ0v) is 15.5. The molecule has 3 heteroatoms. The molecule has 0 atom stereocenters. The van der Waals surface area contributed by atoms with Crippen LogP contribution in [0.1, 0.15) is 11.3 Å². The summed E-state index contributed by atoms with van der Waals surface area (Å²) in [5.41, 5.74) is 3.59. The summed E-state index contributed by atoms with van der Waals surface area (Å²) in [6.45, 7) is 0. The normalized spacial score (nSPS) is 11.5. The highest BCUT2D eigenvalue weighted by Gasteiger charge is 2.06. The summed E-state index contributed by atoms with van der Waals surface area (Å²) in [6, 6.07) is 28.8. The van der Waals surface area contributed by atoms with Crippen LogP contribution in [0.5, 0.6) is 0 Å². The second kappa shape index (κ2) is 7.03. The van der Waals surface area contributed by atoms with E-state index in [4.69, 9.17) is 0 Å². The topological polar surface area (TPSA) is 28.7 Å². The summed E-state index contributed by atoms with van der Waals surface area (Å²) in [5, 5.41) is 12.0. The maximum atomic E-state index is 9.61. The van der Waals surface area contributed by atoms with E-state index in [-0.39, 0.29) is 0 Å². The number of fused-ring (bicyclic) bond motifs is 1. The zero-order chi connectivity index (χ0) is 17.9. The average Bonchev–Trinajstić information content (AvgIpc) is 3.15. The third-order valence-corrected chi connectivity index (χ3v) is 4.89. The van der Waals surface area contributed by atoms with Gasteiger partial charge in [0.2, 0.25) is 0 Å². The Labute approximate surface area is 160 Å². The highest BCUT2D eigenvalue weighted by Crippen LogP contribution is 2.24. The maximum absolute atomic E-state index is 9.61. The van der Waals surface area contributed by atoms with Crippen LogP contribution in [0.25, 0.3) is 28.1 Å². The number of hydrogen-bond acceptors (Lipinski definition) is 1. The van der Waals surface area contributed by atoms with E-state index in [0.717, 1.165) is 21.4 Å². The van der Waals surface area contributed by atoms with Gasteiger partial charge >= 0.3 is 0 Å². The lowest BCUT2D eigenvalue weighted by atomic mass is 10.1. The van der Waals surface area contributed by atoms with Crippen molar-refractivity contribution < 1.29 is 0 Å². The van der Waals surface area contributed by atoms with Gasteiger partial charge in [-0.1, -0.05) is 58.4 Å². The Bertz CT molecular complexity index is 1140. The van der Waals surface area contributed by atoms with E-state index in [1.54, 1.807) is 0 Å². The highest BCUT2D eigenvalue weighted by atomic mass is 79.9. The molecule has 0 saturated carbocycles. The van der Waals surface area contributed by atoms with Crippen LogP contribution in [0.15, 0.2) is 89.5 Å². The van der Waals surface area contributed by atoms with Gasteiger partial charge in [0.15, 0.2) is 0 Å². The molecular formula is C23H15BrN2. The Morgan fingerprint density at radius 3 is 2.42 bits per heavy atom. The largest absolute Gasteiger partial charge is 0.317 e. The van der Waals surface area contributed by atoms with Crippen molar-refractivity contribution in [2.75, 3.05) is 0 Å². The van der Waals surface area contributed by atoms with Crippen LogP contribution in [0.3, 0.4) is 0 Å². The van der Waals surface area contributed by atoms with E-state index in [9.17, 15) is 5.26 Å². The summed E-state index contributed by atoms with van der Waals surface area (Å²) in [5.74, 6) is 0. The summed E-state index contributed by atoms with van der Waals surface area (Å²) in [4.78, 5) is 0. The molecule has 4 rings (SSSR count). The molecule has 0 aliphatic heterocycles. The van der Waals surface area contributed by atoms with Gasteiger partial charge in [0.25, 0.3) is 0 Å². The lowest BCUT2D eigenvalue weighted by molar-refractivity contribution is 1.07. The molecule has 124 valence electrons. The van der Waals surface area contributed by atoms with E-state index in [1.807, 2.05) is 60.8 Å². The van der Waals surface area contributed by atoms with Crippen molar-refractivity contribution in [3.05, 3.63) is 101 Å². The number of nitriles is 1. The predicted molar refractivity (Wildman–Crippen MR) is 111 cm³/mol. The molecule has 0 spiro atoms. The summed E-state index contributed by atoms with van der Waals surface area (Å²) in [7, 11) is 0. The number of hydrogen-bond donors (Lipinski definition) is 0. The van der Waals surface area contributed by atoms with Crippen molar-refractivity contribution in [2.45, 2.75) is 0 Å². The quantitative estimate of drug-likeness (QED) is 0.364. The summed E-state index contributed by atoms with van der Waals surface area (Å²) >= 11 is 3.43. The summed E-state index contributed by atoms with van der Waals surface area (Å²) in [6.07, 6.45) is 3.95. The molecule has 0 aliphatic rings. The molecule has 0 N–H and O–H groups in total. The molecule has 0 aliphatic carbocycles. The van der Waals surface area contributed by atoms with Gasteiger partial charge in [0.05, 0.1) is 11.6 Å². The maximum Gasteiger partial charge on any atom is 0.0998 e. The zero-order valence-electron chi connectivity index (χ0n) is 13.9. The van der Waals surface area contributed by atoms with Crippen LogP contribution in [0, 0.1) is 11.3 Å². The number of allylic oxidation sites excluding steroid dienone is 1. The second-order valence-electron chi connectivity index (χ2n) is 6.01. The predicted octanol–water partition coefficient (Wildman–Crippen LogP) is 6.46. The number of halogens is 1. The molecule has 2 nitrogen and oxygen atoms in total. The minimum atomic E-state index is 0.637. The molecule has 0 saturated heterocycles. The standard InChI is InChI=1S/C23H15BrN2/c24-21-10-7-18(8-11-21)20(16-25)15-22-6-3-13-26(22)23-12-9-17-4-1-2-5-19(17)14-23/h1-15H/b20-15-. The van der Waals surface area contributed by atoms with E-state index >= 15 is 0 Å². The van der Waals surface area contributed by atoms with Crippen LogP contribution in [0.4, 0.5) is 0 Å². The molecule has 0 amide bonds. The van der Waals surface area contributed by atoms with E-state index < -0.39 is 0 Å². The molecule has 0 bridgehead atoms. The van der Waals surface area contributed by atoms with Gasteiger partial charge in [0, 0.05) is 22.1 Å². The molecule has 1 aromatic heterocycles. The monoisotopic (exact) mass is 398 g/mol. The second-order valence-corrected chi connectivity index (χ2v) is 6.93. The summed E-state index contributed by atoms with van der Waals surface area (Å²) < 4.78 is 3.10.